The summed E-state index contributed by atoms with van der Waals surface area (Å²) in [6.45, 7) is 3.51. The van der Waals surface area contributed by atoms with E-state index >= 15 is 0 Å². The second-order valence-electron chi connectivity index (χ2n) is 6.71. The Kier molecular flexibility index (Phi) is 10.4. The van der Waals surface area contributed by atoms with Crippen molar-refractivity contribution in [2.75, 3.05) is 46.2 Å². The van der Waals surface area contributed by atoms with E-state index in [0.29, 0.717) is 26.2 Å². The van der Waals surface area contributed by atoms with Crippen LogP contribution in [0.3, 0.4) is 0 Å². The molecule has 0 unspecified atom stereocenters. The predicted octanol–water partition coefficient (Wildman–Crippen LogP) is 2.83. The quantitative estimate of drug-likeness (QED) is 0.418. The van der Waals surface area contributed by atoms with E-state index in [0.717, 1.165) is 6.07 Å². The Morgan fingerprint density at radius 1 is 1.12 bits per heavy atom. The summed E-state index contributed by atoms with van der Waals surface area (Å²) in [5, 5.41) is 14.9. The number of amides is 1. The van der Waals surface area contributed by atoms with Gasteiger partial charge in [-0.15, -0.1) is 0 Å². The van der Waals surface area contributed by atoms with E-state index in [-0.39, 0.29) is 61.5 Å². The number of aliphatic hydroxyl groups is 1. The van der Waals surface area contributed by atoms with Crippen molar-refractivity contribution in [2.24, 2.45) is 0 Å². The first kappa shape index (κ1) is 25.6. The lowest BCUT2D eigenvalue weighted by atomic mass is 10.0. The minimum Gasteiger partial charge on any atom is -0.494 e. The highest BCUT2D eigenvalue weighted by Crippen LogP contribution is 2.39. The standard InChI is InChI=1S/C21H27F3N2O6/c1-2-7-31-15-3-4-17(18(12-15)21(22,23)24)19-13-16(32-26-19)14-20(28)25-5-8-29-10-11-30-9-6-27/h3-4,12-13,27H,2,5-11,14H2,1H3,(H,25,28). The lowest BCUT2D eigenvalue weighted by molar-refractivity contribution is -0.137. The highest BCUT2D eigenvalue weighted by molar-refractivity contribution is 5.78. The molecule has 1 heterocycles. The van der Waals surface area contributed by atoms with Gasteiger partial charge < -0.3 is 29.2 Å². The average Bonchev–Trinajstić information content (AvgIpc) is 3.21. The monoisotopic (exact) mass is 460 g/mol. The molecular weight excluding hydrogens is 433 g/mol. The molecule has 0 radical (unpaired) electrons. The van der Waals surface area contributed by atoms with Crippen LogP contribution in [0.4, 0.5) is 13.2 Å². The first-order valence-corrected chi connectivity index (χ1v) is 10.2. The molecule has 1 aromatic carbocycles. The summed E-state index contributed by atoms with van der Waals surface area (Å²) in [4.78, 5) is 12.0. The Balaban J connectivity index is 1.91. The molecule has 1 aromatic heterocycles. The molecule has 0 aliphatic carbocycles. The molecule has 0 fully saturated rings. The summed E-state index contributed by atoms with van der Waals surface area (Å²) in [6, 6.07) is 4.96. The molecule has 0 saturated heterocycles. The van der Waals surface area contributed by atoms with Gasteiger partial charge in [0.2, 0.25) is 5.91 Å². The summed E-state index contributed by atoms with van der Waals surface area (Å²) in [5.41, 5.74) is -1.07. The number of ether oxygens (including phenoxy) is 3. The number of carbonyl (C=O) groups excluding carboxylic acids is 1. The van der Waals surface area contributed by atoms with E-state index in [2.05, 4.69) is 10.5 Å². The number of rotatable bonds is 14. The number of aromatic nitrogens is 1. The average molecular weight is 460 g/mol. The minimum atomic E-state index is -4.61. The van der Waals surface area contributed by atoms with Gasteiger partial charge in [-0.2, -0.15) is 13.2 Å². The summed E-state index contributed by atoms with van der Waals surface area (Å²) >= 11 is 0. The lowest BCUT2D eigenvalue weighted by Crippen LogP contribution is -2.28. The zero-order chi connectivity index (χ0) is 23.4. The van der Waals surface area contributed by atoms with Crippen molar-refractivity contribution in [2.45, 2.75) is 25.9 Å². The first-order valence-electron chi connectivity index (χ1n) is 10.2. The fraction of sp³-hybridized carbons (Fsp3) is 0.524. The number of hydrogen-bond acceptors (Lipinski definition) is 7. The minimum absolute atomic E-state index is 0.0200. The molecule has 2 aromatic rings. The van der Waals surface area contributed by atoms with Crippen molar-refractivity contribution >= 4 is 5.91 Å². The van der Waals surface area contributed by atoms with Gasteiger partial charge >= 0.3 is 6.18 Å². The molecule has 0 bridgehead atoms. The van der Waals surface area contributed by atoms with Crippen LogP contribution < -0.4 is 10.1 Å². The fourth-order valence-electron chi connectivity index (χ4n) is 2.68. The normalized spacial score (nSPS) is 11.5. The number of nitrogens with zero attached hydrogens (tertiary/aromatic N) is 1. The topological polar surface area (TPSA) is 103 Å². The maximum Gasteiger partial charge on any atom is 0.417 e. The van der Waals surface area contributed by atoms with E-state index in [9.17, 15) is 18.0 Å². The highest BCUT2D eigenvalue weighted by atomic mass is 19.4. The van der Waals surface area contributed by atoms with Gasteiger partial charge in [-0.25, -0.2) is 0 Å². The molecular formula is C21H27F3N2O6. The van der Waals surface area contributed by atoms with Crippen LogP contribution in [0.2, 0.25) is 0 Å². The van der Waals surface area contributed by atoms with Crippen LogP contribution in [0.1, 0.15) is 24.7 Å². The van der Waals surface area contributed by atoms with E-state index in [1.54, 1.807) is 0 Å². The van der Waals surface area contributed by atoms with Gasteiger partial charge in [0.25, 0.3) is 0 Å². The Morgan fingerprint density at radius 2 is 1.88 bits per heavy atom. The van der Waals surface area contributed by atoms with E-state index in [4.69, 9.17) is 23.8 Å². The van der Waals surface area contributed by atoms with Gasteiger partial charge in [-0.1, -0.05) is 12.1 Å². The third-order valence-electron chi connectivity index (χ3n) is 4.12. The molecule has 0 saturated carbocycles. The molecule has 2 rings (SSSR count). The Bertz CT molecular complexity index is 841. The van der Waals surface area contributed by atoms with Crippen molar-refractivity contribution < 1.29 is 41.8 Å². The van der Waals surface area contributed by atoms with Crippen molar-refractivity contribution in [3.05, 3.63) is 35.6 Å². The molecule has 11 heteroatoms. The largest absolute Gasteiger partial charge is 0.494 e. The molecule has 8 nitrogen and oxygen atoms in total. The van der Waals surface area contributed by atoms with Crippen LogP contribution in [0, 0.1) is 0 Å². The molecule has 0 aliphatic heterocycles. The van der Waals surface area contributed by atoms with Crippen LogP contribution in [0.5, 0.6) is 5.75 Å². The first-order chi connectivity index (χ1) is 15.3. The summed E-state index contributed by atoms with van der Waals surface area (Å²) in [6.07, 6.45) is -4.12. The third kappa shape index (κ3) is 8.48. The van der Waals surface area contributed by atoms with Crippen molar-refractivity contribution in [3.8, 4) is 17.0 Å². The van der Waals surface area contributed by atoms with E-state index < -0.39 is 11.7 Å². The SMILES string of the molecule is CCCOc1ccc(-c2cc(CC(=O)NCCOCCOCCO)on2)c(C(F)(F)F)c1. The van der Waals surface area contributed by atoms with Gasteiger partial charge in [-0.05, 0) is 24.6 Å². The Labute approximate surface area is 183 Å². The van der Waals surface area contributed by atoms with E-state index in [1.807, 2.05) is 6.92 Å². The molecule has 0 atom stereocenters. The van der Waals surface area contributed by atoms with Crippen LogP contribution in [0.25, 0.3) is 11.3 Å². The molecule has 0 aliphatic rings. The van der Waals surface area contributed by atoms with Crippen molar-refractivity contribution in [3.63, 3.8) is 0 Å². The zero-order valence-corrected chi connectivity index (χ0v) is 17.7. The maximum absolute atomic E-state index is 13.5. The van der Waals surface area contributed by atoms with Crippen LogP contribution >= 0.6 is 0 Å². The van der Waals surface area contributed by atoms with Crippen molar-refractivity contribution in [1.82, 2.24) is 10.5 Å². The predicted molar refractivity (Wildman–Crippen MR) is 108 cm³/mol. The number of aliphatic hydroxyl groups excluding tert-OH is 1. The number of alkyl halides is 3. The third-order valence-corrected chi connectivity index (χ3v) is 4.12. The van der Waals surface area contributed by atoms with E-state index in [1.165, 1.54) is 18.2 Å². The smallest absolute Gasteiger partial charge is 0.417 e. The number of carbonyl (C=O) groups is 1. The molecule has 178 valence electrons. The molecule has 32 heavy (non-hydrogen) atoms. The second kappa shape index (κ2) is 13.0. The van der Waals surface area contributed by atoms with Crippen molar-refractivity contribution in [1.29, 1.82) is 0 Å². The molecule has 2 N–H and O–H groups in total. The number of nitrogens with one attached hydrogen (secondary N) is 1. The van der Waals surface area contributed by atoms with Crippen LogP contribution in [0.15, 0.2) is 28.8 Å². The number of halogens is 3. The zero-order valence-electron chi connectivity index (χ0n) is 17.7. The van der Waals surface area contributed by atoms with Gasteiger partial charge in [0.1, 0.15) is 17.2 Å². The van der Waals surface area contributed by atoms with Crippen LogP contribution in [-0.4, -0.2) is 62.4 Å². The summed E-state index contributed by atoms with van der Waals surface area (Å²) < 4.78 is 61.2. The van der Waals surface area contributed by atoms with Crippen LogP contribution in [-0.2, 0) is 26.9 Å². The summed E-state index contributed by atoms with van der Waals surface area (Å²) in [7, 11) is 0. The van der Waals surface area contributed by atoms with Gasteiger partial charge in [0.15, 0.2) is 0 Å². The Morgan fingerprint density at radius 3 is 2.56 bits per heavy atom. The molecule has 1 amide bonds. The van der Waals surface area contributed by atoms with Gasteiger partial charge in [0, 0.05) is 18.2 Å². The maximum atomic E-state index is 13.5. The lowest BCUT2D eigenvalue weighted by Gasteiger charge is -2.13. The Hall–Kier alpha value is -2.63. The molecule has 0 spiro atoms. The van der Waals surface area contributed by atoms with Gasteiger partial charge in [-0.3, -0.25) is 4.79 Å². The second-order valence-corrected chi connectivity index (χ2v) is 6.71. The summed E-state index contributed by atoms with van der Waals surface area (Å²) in [5.74, 6) is -0.129. The number of benzene rings is 1. The fourth-order valence-corrected chi connectivity index (χ4v) is 2.68. The number of hydrogen-bond donors (Lipinski definition) is 2. The highest BCUT2D eigenvalue weighted by Gasteiger charge is 2.35. The van der Waals surface area contributed by atoms with Gasteiger partial charge in [0.05, 0.1) is 51.6 Å².